The van der Waals surface area contributed by atoms with Gasteiger partial charge < -0.3 is 15.8 Å². The van der Waals surface area contributed by atoms with Crippen LogP contribution in [0, 0.1) is 11.2 Å². The van der Waals surface area contributed by atoms with Crippen molar-refractivity contribution in [2.45, 2.75) is 69.5 Å². The number of nitrogens with two attached hydrogens (primary N) is 1. The number of halogens is 7. The van der Waals surface area contributed by atoms with Crippen molar-refractivity contribution in [3.8, 4) is 16.8 Å². The molecule has 5 rings (SSSR count). The molecule has 290 valence electrons. The van der Waals surface area contributed by atoms with Crippen LogP contribution in [0.25, 0.3) is 16.8 Å². The number of nitrogens with one attached hydrogen (secondary N) is 1. The highest BCUT2D eigenvalue weighted by Crippen LogP contribution is 2.49. The molecule has 0 aliphatic heterocycles. The van der Waals surface area contributed by atoms with Crippen LogP contribution in [0.2, 0.25) is 5.02 Å². The number of guanidine groups is 1. The van der Waals surface area contributed by atoms with E-state index in [0.717, 1.165) is 26.7 Å². The fourth-order valence-electron chi connectivity index (χ4n) is 5.48. The minimum Gasteiger partial charge on any atom is -0.447 e. The molecule has 0 spiro atoms. The molecule has 2 amide bonds. The number of amides is 2. The molecule has 1 aliphatic rings. The van der Waals surface area contributed by atoms with Crippen LogP contribution in [0.4, 0.5) is 31.1 Å². The topological polar surface area (TPSA) is 146 Å². The molecular formula is C34H33B3ClF6N9O3. The highest BCUT2D eigenvalue weighted by Gasteiger charge is 2.64. The monoisotopic (exact) mass is 797 g/mol. The Hall–Kier alpha value is -4.94. The number of carbonyl (C=O) groups excluding carboxylic acids is 2. The van der Waals surface area contributed by atoms with Gasteiger partial charge in [-0.3, -0.25) is 19.4 Å². The normalized spacial score (nSPS) is 15.1. The van der Waals surface area contributed by atoms with Gasteiger partial charge in [-0.25, -0.2) is 27.6 Å². The lowest BCUT2D eigenvalue weighted by Crippen LogP contribution is -2.49. The number of hydrogen-bond donors (Lipinski definition) is 2. The van der Waals surface area contributed by atoms with E-state index in [2.05, 4.69) is 20.2 Å². The van der Waals surface area contributed by atoms with Gasteiger partial charge in [0.2, 0.25) is 0 Å². The summed E-state index contributed by atoms with van der Waals surface area (Å²) in [4.78, 5) is 36.2. The van der Waals surface area contributed by atoms with E-state index in [4.69, 9.17) is 45.6 Å². The summed E-state index contributed by atoms with van der Waals surface area (Å²) < 4.78 is 91.6. The van der Waals surface area contributed by atoms with E-state index in [0.29, 0.717) is 6.42 Å². The number of ether oxygens (including phenoxy) is 1. The Balaban J connectivity index is 1.60. The summed E-state index contributed by atoms with van der Waals surface area (Å²) in [6.07, 6.45) is -6.26. The van der Waals surface area contributed by atoms with Crippen molar-refractivity contribution in [1.82, 2.24) is 34.8 Å². The van der Waals surface area contributed by atoms with Crippen LogP contribution in [-0.2, 0) is 9.97 Å². The van der Waals surface area contributed by atoms with Crippen LogP contribution < -0.4 is 11.1 Å². The van der Waals surface area contributed by atoms with Gasteiger partial charge in [0.15, 0.2) is 11.8 Å². The summed E-state index contributed by atoms with van der Waals surface area (Å²) in [5.74, 6) is -3.15. The molecule has 2 heterocycles. The van der Waals surface area contributed by atoms with Gasteiger partial charge >= 0.3 is 12.3 Å². The molecule has 1 fully saturated rings. The molecular weight excluding hydrogens is 764 g/mol. The van der Waals surface area contributed by atoms with Crippen molar-refractivity contribution in [2.24, 2.45) is 16.1 Å². The average Bonchev–Trinajstić information content (AvgIpc) is 3.46. The number of carbonyl (C=O) groups is 2. The van der Waals surface area contributed by atoms with Crippen molar-refractivity contribution in [2.75, 3.05) is 13.2 Å². The van der Waals surface area contributed by atoms with Crippen LogP contribution in [-0.4, -0.2) is 95.8 Å². The summed E-state index contributed by atoms with van der Waals surface area (Å²) in [6, 6.07) is 5.68. The summed E-state index contributed by atoms with van der Waals surface area (Å²) in [7, 11) is 17.0. The van der Waals surface area contributed by atoms with Crippen LogP contribution in [0.15, 0.2) is 60.1 Å². The summed E-state index contributed by atoms with van der Waals surface area (Å²) in [5, 5.41) is 7.62. The average molecular weight is 798 g/mol. The van der Waals surface area contributed by atoms with E-state index in [1.165, 1.54) is 42.7 Å². The number of nitrogens with zero attached hydrogens (tertiary/aromatic N) is 7. The first-order valence-corrected chi connectivity index (χ1v) is 17.2. The van der Waals surface area contributed by atoms with Crippen molar-refractivity contribution >= 4 is 53.1 Å². The minimum absolute atomic E-state index is 0.0190. The van der Waals surface area contributed by atoms with Gasteiger partial charge in [-0.1, -0.05) is 44.5 Å². The largest absolute Gasteiger partial charge is 0.447 e. The van der Waals surface area contributed by atoms with Crippen LogP contribution in [0.5, 0.6) is 0 Å². The van der Waals surface area contributed by atoms with Gasteiger partial charge in [0, 0.05) is 29.4 Å². The van der Waals surface area contributed by atoms with Gasteiger partial charge in [0.1, 0.15) is 24.3 Å². The maximum atomic E-state index is 15.8. The Labute approximate surface area is 326 Å². The second kappa shape index (κ2) is 15.9. The van der Waals surface area contributed by atoms with Gasteiger partial charge in [0.25, 0.3) is 12.3 Å². The first-order chi connectivity index (χ1) is 26.0. The first-order valence-electron chi connectivity index (χ1n) is 16.9. The lowest BCUT2D eigenvalue weighted by atomic mass is 9.49. The third-order valence-electron chi connectivity index (χ3n) is 8.78. The molecule has 1 aliphatic carbocycles. The van der Waals surface area contributed by atoms with E-state index < -0.39 is 65.6 Å². The van der Waals surface area contributed by atoms with E-state index >= 15 is 4.39 Å². The molecule has 56 heavy (non-hydrogen) atoms. The van der Waals surface area contributed by atoms with E-state index in [9.17, 15) is 31.5 Å². The van der Waals surface area contributed by atoms with E-state index in [1.54, 1.807) is 0 Å². The molecule has 6 radical (unpaired) electrons. The number of aromatic nitrogens is 5. The van der Waals surface area contributed by atoms with E-state index in [1.807, 2.05) is 26.1 Å². The molecule has 0 saturated heterocycles. The molecule has 1 saturated carbocycles. The third-order valence-corrected chi connectivity index (χ3v) is 9.10. The maximum Gasteiger partial charge on any atom is 0.411 e. The summed E-state index contributed by atoms with van der Waals surface area (Å²) in [6.45, 7) is 5.01. The van der Waals surface area contributed by atoms with Gasteiger partial charge in [0.05, 0.1) is 46.5 Å². The second-order valence-electron chi connectivity index (χ2n) is 14.3. The minimum atomic E-state index is -4.78. The summed E-state index contributed by atoms with van der Waals surface area (Å²) >= 11 is 6.41. The Kier molecular flexibility index (Phi) is 12.0. The fourth-order valence-corrected chi connectivity index (χ4v) is 5.67. The van der Waals surface area contributed by atoms with E-state index in [-0.39, 0.29) is 57.8 Å². The highest BCUT2D eigenvalue weighted by atomic mass is 35.5. The quantitative estimate of drug-likeness (QED) is 0.0812. The molecule has 4 aromatic rings. The zero-order chi connectivity index (χ0) is 41.4. The first kappa shape index (κ1) is 42.2. The smallest absolute Gasteiger partial charge is 0.411 e. The van der Waals surface area contributed by atoms with Crippen molar-refractivity contribution in [3.63, 3.8) is 0 Å². The van der Waals surface area contributed by atoms with Crippen LogP contribution in [0.1, 0.15) is 74.2 Å². The molecule has 1 atom stereocenters. The molecule has 0 bridgehead atoms. The van der Waals surface area contributed by atoms with Crippen LogP contribution in [0.3, 0.4) is 0 Å². The fraction of sp³-hybridized carbons (Fsp3) is 0.412. The Bertz CT molecular complexity index is 2110. The molecule has 22 heteroatoms. The molecule has 3 N–H and O–H groups in total. The molecule has 2 aromatic heterocycles. The Morgan fingerprint density at radius 2 is 1.80 bits per heavy atom. The third kappa shape index (κ3) is 9.53. The van der Waals surface area contributed by atoms with Gasteiger partial charge in [-0.15, -0.1) is 0 Å². The predicted octanol–water partition coefficient (Wildman–Crippen LogP) is 5.69. The van der Waals surface area contributed by atoms with Crippen molar-refractivity contribution in [3.05, 3.63) is 82.9 Å². The van der Waals surface area contributed by atoms with Crippen molar-refractivity contribution < 1.29 is 40.7 Å². The van der Waals surface area contributed by atoms with Crippen molar-refractivity contribution in [1.29, 1.82) is 0 Å². The van der Waals surface area contributed by atoms with Gasteiger partial charge in [-0.2, -0.15) is 23.4 Å². The highest BCUT2D eigenvalue weighted by molar-refractivity contribution is 6.56. The Morgan fingerprint density at radius 3 is 2.38 bits per heavy atom. The second-order valence-corrected chi connectivity index (χ2v) is 14.7. The number of aliphatic imine (C=N–C) groups is 1. The molecule has 0 unspecified atom stereocenters. The lowest BCUT2D eigenvalue weighted by molar-refractivity contribution is -0.164. The number of hydrogen-bond acceptors (Lipinski definition) is 7. The number of alkyl halides is 5. The maximum absolute atomic E-state index is 15.8. The SMILES string of the molecule is [B]C([B])([B])n1cc(-c2ccc(C(=O)N(C(N)=NCCC(C)(C)C)[C@H](COC(=O)NC3(C(F)(F)F)CC3)c3ccc(Cl)c(-n4ncnc4C(F)F)c3)cc2F)cn1. The zero-order valence-corrected chi connectivity index (χ0v) is 31.0. The summed E-state index contributed by atoms with van der Waals surface area (Å²) in [5.41, 5.74) is 3.48. The number of alkyl carbamates (subject to hydrolysis) is 1. The van der Waals surface area contributed by atoms with Crippen LogP contribution >= 0.6 is 11.6 Å². The standard InChI is InChI=1S/C34H33B3ClF6N9O3/c1-31(2,3)10-11-46-29(45)52(28(54)19-4-6-21(23(39)12-19)20-14-48-51(15-20)34(35,36)37)25(16-56-30(55)50-32(8-9-32)33(42,43)44)18-5-7-22(38)24(13-18)53-27(26(40)41)47-17-49-53/h4-7,12-15,17,25-26H,8-11,16H2,1-3H3,(H2,45,46)(H,50,55)/t25-/m1/s1. The zero-order valence-electron chi connectivity index (χ0n) is 30.2. The Morgan fingerprint density at radius 1 is 1.11 bits per heavy atom. The lowest BCUT2D eigenvalue weighted by Gasteiger charge is -2.32. The predicted molar refractivity (Wildman–Crippen MR) is 196 cm³/mol. The number of rotatable bonds is 12. The number of benzene rings is 2. The molecule has 12 nitrogen and oxygen atoms in total. The van der Waals surface area contributed by atoms with Gasteiger partial charge in [-0.05, 0) is 59.7 Å². The molecule has 2 aromatic carbocycles.